The Morgan fingerprint density at radius 3 is 2.95 bits per heavy atom. The van der Waals surface area contributed by atoms with E-state index in [0.717, 1.165) is 12.1 Å². The molecule has 1 saturated carbocycles. The largest absolute Gasteiger partial charge is 0.464 e. The van der Waals surface area contributed by atoms with Gasteiger partial charge in [0.1, 0.15) is 5.69 Å². The van der Waals surface area contributed by atoms with Gasteiger partial charge in [0.05, 0.1) is 7.11 Å². The van der Waals surface area contributed by atoms with E-state index in [9.17, 15) is 4.79 Å². The molecule has 1 aromatic heterocycles. The highest BCUT2D eigenvalue weighted by molar-refractivity contribution is 5.88. The minimum Gasteiger partial charge on any atom is -0.464 e. The monoisotopic (exact) mass is 277 g/mol. The minimum absolute atomic E-state index is 0.344. The standard InChI is InChI=1S/C15H23N3O2/c1-18(14-6-4-3-5-11(14)10-16)12-7-8-17-13(9-12)15(19)20-2/h7-9,11,14H,3-6,10,16H2,1-2H3. The lowest BCUT2D eigenvalue weighted by Gasteiger charge is -2.38. The molecule has 2 unspecified atom stereocenters. The van der Waals surface area contributed by atoms with Crippen LogP contribution in [0.15, 0.2) is 18.3 Å². The number of carbonyl (C=O) groups is 1. The number of carbonyl (C=O) groups excluding carboxylic acids is 1. The number of aromatic nitrogens is 1. The van der Waals surface area contributed by atoms with Gasteiger partial charge < -0.3 is 15.4 Å². The van der Waals surface area contributed by atoms with E-state index in [1.807, 2.05) is 6.07 Å². The molecule has 1 heterocycles. The fraction of sp³-hybridized carbons (Fsp3) is 0.600. The first-order valence-corrected chi connectivity index (χ1v) is 7.14. The summed E-state index contributed by atoms with van der Waals surface area (Å²) < 4.78 is 4.72. The molecule has 0 aliphatic heterocycles. The highest BCUT2D eigenvalue weighted by Gasteiger charge is 2.27. The van der Waals surface area contributed by atoms with Crippen molar-refractivity contribution in [1.29, 1.82) is 0 Å². The molecule has 2 rings (SSSR count). The molecule has 20 heavy (non-hydrogen) atoms. The lowest BCUT2D eigenvalue weighted by atomic mass is 9.83. The molecule has 0 amide bonds. The van der Waals surface area contributed by atoms with E-state index in [2.05, 4.69) is 16.9 Å². The Hall–Kier alpha value is -1.62. The maximum absolute atomic E-state index is 11.6. The third-order valence-electron chi connectivity index (χ3n) is 4.21. The molecule has 2 atom stereocenters. The van der Waals surface area contributed by atoms with E-state index >= 15 is 0 Å². The summed E-state index contributed by atoms with van der Waals surface area (Å²) in [7, 11) is 3.43. The molecule has 2 N–H and O–H groups in total. The Morgan fingerprint density at radius 2 is 2.25 bits per heavy atom. The van der Waals surface area contributed by atoms with Crippen molar-refractivity contribution in [2.75, 3.05) is 25.6 Å². The van der Waals surface area contributed by atoms with Crippen LogP contribution in [-0.2, 0) is 4.74 Å². The molecular formula is C15H23N3O2. The second kappa shape index (κ2) is 6.70. The van der Waals surface area contributed by atoms with Crippen molar-refractivity contribution in [1.82, 2.24) is 4.98 Å². The van der Waals surface area contributed by atoms with Crippen molar-refractivity contribution < 1.29 is 9.53 Å². The van der Waals surface area contributed by atoms with E-state index in [4.69, 9.17) is 10.5 Å². The second-order valence-electron chi connectivity index (χ2n) is 5.35. The zero-order valence-corrected chi connectivity index (χ0v) is 12.2. The van der Waals surface area contributed by atoms with Crippen LogP contribution in [0.2, 0.25) is 0 Å². The van der Waals surface area contributed by atoms with Gasteiger partial charge in [-0.3, -0.25) is 0 Å². The summed E-state index contributed by atoms with van der Waals surface area (Å²) >= 11 is 0. The smallest absolute Gasteiger partial charge is 0.356 e. The first kappa shape index (κ1) is 14.8. The molecule has 5 heteroatoms. The van der Waals surface area contributed by atoms with Gasteiger partial charge in [0.15, 0.2) is 0 Å². The summed E-state index contributed by atoms with van der Waals surface area (Å²) in [6, 6.07) is 4.14. The fourth-order valence-corrected chi connectivity index (χ4v) is 3.02. The van der Waals surface area contributed by atoms with Gasteiger partial charge in [-0.2, -0.15) is 0 Å². The lowest BCUT2D eigenvalue weighted by Crippen LogP contribution is -2.43. The zero-order chi connectivity index (χ0) is 14.5. The summed E-state index contributed by atoms with van der Waals surface area (Å²) in [4.78, 5) is 17.8. The van der Waals surface area contributed by atoms with Crippen LogP contribution >= 0.6 is 0 Å². The third-order valence-corrected chi connectivity index (χ3v) is 4.21. The maximum Gasteiger partial charge on any atom is 0.356 e. The molecule has 0 saturated heterocycles. The highest BCUT2D eigenvalue weighted by Crippen LogP contribution is 2.30. The van der Waals surface area contributed by atoms with Crippen LogP contribution in [0.25, 0.3) is 0 Å². The summed E-state index contributed by atoms with van der Waals surface area (Å²) in [5.74, 6) is 0.114. The van der Waals surface area contributed by atoms with Crippen LogP contribution in [0.1, 0.15) is 36.2 Å². The minimum atomic E-state index is -0.403. The number of pyridine rings is 1. The quantitative estimate of drug-likeness (QED) is 0.850. The van der Waals surface area contributed by atoms with Crippen LogP contribution in [0.3, 0.4) is 0 Å². The highest BCUT2D eigenvalue weighted by atomic mass is 16.5. The summed E-state index contributed by atoms with van der Waals surface area (Å²) in [6.07, 6.45) is 6.48. The van der Waals surface area contributed by atoms with Gasteiger partial charge in [0, 0.05) is 25.0 Å². The van der Waals surface area contributed by atoms with Gasteiger partial charge in [0.2, 0.25) is 0 Å². The Kier molecular flexibility index (Phi) is 4.95. The summed E-state index contributed by atoms with van der Waals surface area (Å²) in [5.41, 5.74) is 7.23. The maximum atomic E-state index is 11.6. The van der Waals surface area contributed by atoms with Crippen molar-refractivity contribution in [2.45, 2.75) is 31.7 Å². The Labute approximate surface area is 120 Å². The molecule has 110 valence electrons. The number of ether oxygens (including phenoxy) is 1. The molecule has 1 fully saturated rings. The number of methoxy groups -OCH3 is 1. The van der Waals surface area contributed by atoms with Crippen LogP contribution in [0.4, 0.5) is 5.69 Å². The van der Waals surface area contributed by atoms with E-state index in [1.54, 1.807) is 12.3 Å². The van der Waals surface area contributed by atoms with Gasteiger partial charge in [-0.25, -0.2) is 9.78 Å². The molecule has 1 aromatic rings. The van der Waals surface area contributed by atoms with Gasteiger partial charge in [0.25, 0.3) is 0 Å². The number of rotatable bonds is 4. The number of nitrogens with zero attached hydrogens (tertiary/aromatic N) is 2. The van der Waals surface area contributed by atoms with Gasteiger partial charge >= 0.3 is 5.97 Å². The number of nitrogens with two attached hydrogens (primary N) is 1. The SMILES string of the molecule is COC(=O)c1cc(N(C)C2CCCCC2CN)ccn1. The van der Waals surface area contributed by atoms with Crippen LogP contribution < -0.4 is 10.6 Å². The average molecular weight is 277 g/mol. The third kappa shape index (κ3) is 3.10. The Balaban J connectivity index is 2.19. The van der Waals surface area contributed by atoms with E-state index in [-0.39, 0.29) is 0 Å². The molecule has 0 aromatic carbocycles. The average Bonchev–Trinajstić information content (AvgIpc) is 2.53. The van der Waals surface area contributed by atoms with E-state index in [0.29, 0.717) is 24.2 Å². The molecule has 1 aliphatic carbocycles. The first-order valence-electron chi connectivity index (χ1n) is 7.14. The number of anilines is 1. The Morgan fingerprint density at radius 1 is 1.50 bits per heavy atom. The van der Waals surface area contributed by atoms with Crippen molar-refractivity contribution in [3.63, 3.8) is 0 Å². The van der Waals surface area contributed by atoms with Crippen molar-refractivity contribution >= 4 is 11.7 Å². The van der Waals surface area contributed by atoms with E-state index < -0.39 is 5.97 Å². The Bertz CT molecular complexity index is 464. The number of hydrogen-bond donors (Lipinski definition) is 1. The zero-order valence-electron chi connectivity index (χ0n) is 12.2. The van der Waals surface area contributed by atoms with Gasteiger partial charge in [-0.15, -0.1) is 0 Å². The van der Waals surface area contributed by atoms with Crippen LogP contribution in [0.5, 0.6) is 0 Å². The topological polar surface area (TPSA) is 68.5 Å². The van der Waals surface area contributed by atoms with Crippen LogP contribution in [0, 0.1) is 5.92 Å². The van der Waals surface area contributed by atoms with Crippen molar-refractivity contribution in [3.05, 3.63) is 24.0 Å². The van der Waals surface area contributed by atoms with Crippen molar-refractivity contribution in [3.8, 4) is 0 Å². The van der Waals surface area contributed by atoms with E-state index in [1.165, 1.54) is 26.4 Å². The molecular weight excluding hydrogens is 254 g/mol. The molecule has 1 aliphatic rings. The number of esters is 1. The normalized spacial score (nSPS) is 22.4. The predicted molar refractivity (Wildman–Crippen MR) is 78.8 cm³/mol. The molecule has 0 bridgehead atoms. The predicted octanol–water partition coefficient (Wildman–Crippen LogP) is 1.82. The second-order valence-corrected chi connectivity index (χ2v) is 5.35. The first-order chi connectivity index (χ1) is 9.67. The summed E-state index contributed by atoms with van der Waals surface area (Å²) in [6.45, 7) is 0.712. The fourth-order valence-electron chi connectivity index (χ4n) is 3.02. The van der Waals surface area contributed by atoms with Gasteiger partial charge in [-0.05, 0) is 37.4 Å². The lowest BCUT2D eigenvalue weighted by molar-refractivity contribution is 0.0594. The van der Waals surface area contributed by atoms with Crippen molar-refractivity contribution in [2.24, 2.45) is 11.7 Å². The van der Waals surface area contributed by atoms with Gasteiger partial charge in [-0.1, -0.05) is 12.8 Å². The molecule has 0 radical (unpaired) electrons. The number of hydrogen-bond acceptors (Lipinski definition) is 5. The van der Waals surface area contributed by atoms with Crippen LogP contribution in [-0.4, -0.2) is 37.7 Å². The summed E-state index contributed by atoms with van der Waals surface area (Å²) in [5, 5.41) is 0. The molecule has 0 spiro atoms. The molecule has 5 nitrogen and oxygen atoms in total.